The Balaban J connectivity index is 2.76. The van der Waals surface area contributed by atoms with E-state index in [9.17, 15) is 15.0 Å². The molecular weight excluding hydrogens is 224 g/mol. The van der Waals surface area contributed by atoms with Crippen LogP contribution >= 0.6 is 0 Å². The number of aliphatic hydroxyl groups is 2. The van der Waals surface area contributed by atoms with Crippen LogP contribution in [0.5, 0.6) is 0 Å². The van der Waals surface area contributed by atoms with Gasteiger partial charge in [-0.1, -0.05) is 5.11 Å². The highest BCUT2D eigenvalue weighted by molar-refractivity contribution is 5.77. The Kier molecular flexibility index (Phi) is 5.09. The highest BCUT2D eigenvalue weighted by atomic mass is 16.3. The van der Waals surface area contributed by atoms with E-state index in [0.29, 0.717) is 6.29 Å². The van der Waals surface area contributed by atoms with E-state index in [1.54, 1.807) is 0 Å². The molecule has 1 aromatic heterocycles. The standard InChI is InChI=1S/C10H12N4O3/c11-14-13-4-2-9(16)10(17)8-5-12-3-1-7(8)6-15/h1,3,5-6,9-10,16-17H,2,4H2. The number of pyridine rings is 1. The summed E-state index contributed by atoms with van der Waals surface area (Å²) in [6.45, 7) is 0.0748. The summed E-state index contributed by atoms with van der Waals surface area (Å²) in [6, 6.07) is 1.45. The number of carbonyl (C=O) groups is 1. The summed E-state index contributed by atoms with van der Waals surface area (Å²) >= 11 is 0. The Morgan fingerprint density at radius 3 is 3.00 bits per heavy atom. The minimum absolute atomic E-state index is 0.0748. The minimum atomic E-state index is -1.22. The quantitative estimate of drug-likeness (QED) is 0.331. The first-order valence-electron chi connectivity index (χ1n) is 4.96. The van der Waals surface area contributed by atoms with Gasteiger partial charge in [0.15, 0.2) is 6.29 Å². The molecule has 0 saturated heterocycles. The van der Waals surface area contributed by atoms with Gasteiger partial charge in [-0.3, -0.25) is 9.78 Å². The number of nitrogens with zero attached hydrogens (tertiary/aromatic N) is 4. The predicted molar refractivity (Wildman–Crippen MR) is 59.2 cm³/mol. The van der Waals surface area contributed by atoms with Crippen LogP contribution in [-0.4, -0.2) is 34.1 Å². The molecule has 0 radical (unpaired) electrons. The van der Waals surface area contributed by atoms with E-state index in [-0.39, 0.29) is 24.1 Å². The van der Waals surface area contributed by atoms with Crippen molar-refractivity contribution in [2.45, 2.75) is 18.6 Å². The molecule has 0 bridgehead atoms. The first-order valence-corrected chi connectivity index (χ1v) is 4.96. The van der Waals surface area contributed by atoms with E-state index in [4.69, 9.17) is 5.53 Å². The molecule has 7 heteroatoms. The fourth-order valence-electron chi connectivity index (χ4n) is 1.37. The van der Waals surface area contributed by atoms with Gasteiger partial charge < -0.3 is 10.2 Å². The molecule has 17 heavy (non-hydrogen) atoms. The molecule has 7 nitrogen and oxygen atoms in total. The molecule has 0 aromatic carbocycles. The van der Waals surface area contributed by atoms with Crippen LogP contribution in [0, 0.1) is 0 Å². The monoisotopic (exact) mass is 236 g/mol. The van der Waals surface area contributed by atoms with E-state index in [2.05, 4.69) is 15.0 Å². The number of carbonyl (C=O) groups excluding carboxylic acids is 1. The molecule has 0 saturated carbocycles. The molecule has 2 unspecified atom stereocenters. The first-order chi connectivity index (χ1) is 8.20. The summed E-state index contributed by atoms with van der Waals surface area (Å²) in [5.74, 6) is 0. The second-order valence-electron chi connectivity index (χ2n) is 3.38. The molecule has 0 fully saturated rings. The number of rotatable bonds is 6. The highest BCUT2D eigenvalue weighted by Crippen LogP contribution is 2.20. The van der Waals surface area contributed by atoms with Crippen LogP contribution in [0.25, 0.3) is 10.4 Å². The molecule has 0 aliphatic heterocycles. The third-order valence-electron chi connectivity index (χ3n) is 2.29. The first kappa shape index (κ1) is 13.1. The summed E-state index contributed by atoms with van der Waals surface area (Å²) in [5, 5.41) is 22.7. The number of aldehydes is 1. The zero-order valence-corrected chi connectivity index (χ0v) is 8.97. The van der Waals surface area contributed by atoms with Crippen molar-refractivity contribution in [1.29, 1.82) is 0 Å². The normalized spacial score (nSPS) is 13.5. The van der Waals surface area contributed by atoms with E-state index in [0.717, 1.165) is 0 Å². The highest BCUT2D eigenvalue weighted by Gasteiger charge is 2.20. The van der Waals surface area contributed by atoms with Crippen molar-refractivity contribution >= 4 is 6.29 Å². The van der Waals surface area contributed by atoms with Crippen LogP contribution in [-0.2, 0) is 0 Å². The molecule has 0 spiro atoms. The summed E-state index contributed by atoms with van der Waals surface area (Å²) in [7, 11) is 0. The second kappa shape index (κ2) is 6.59. The van der Waals surface area contributed by atoms with Crippen LogP contribution < -0.4 is 0 Å². The number of aromatic nitrogens is 1. The van der Waals surface area contributed by atoms with E-state index in [1.165, 1.54) is 18.5 Å². The molecule has 90 valence electrons. The fraction of sp³-hybridized carbons (Fsp3) is 0.400. The summed E-state index contributed by atoms with van der Waals surface area (Å²) in [6.07, 6.45) is 1.11. The van der Waals surface area contributed by atoms with Crippen molar-refractivity contribution in [3.05, 3.63) is 40.0 Å². The molecule has 1 rings (SSSR count). The van der Waals surface area contributed by atoms with Crippen molar-refractivity contribution in [1.82, 2.24) is 4.98 Å². The van der Waals surface area contributed by atoms with Gasteiger partial charge in [-0.05, 0) is 18.0 Å². The van der Waals surface area contributed by atoms with Crippen LogP contribution in [0.3, 0.4) is 0 Å². The summed E-state index contributed by atoms with van der Waals surface area (Å²) in [4.78, 5) is 17.0. The molecule has 0 aliphatic rings. The smallest absolute Gasteiger partial charge is 0.150 e. The van der Waals surface area contributed by atoms with Gasteiger partial charge in [-0.25, -0.2) is 0 Å². The van der Waals surface area contributed by atoms with Crippen LogP contribution in [0.4, 0.5) is 0 Å². The van der Waals surface area contributed by atoms with Gasteiger partial charge in [0.2, 0.25) is 0 Å². The summed E-state index contributed by atoms with van der Waals surface area (Å²) in [5.41, 5.74) is 8.61. The SMILES string of the molecule is [N-]=[N+]=NCCC(O)C(O)c1cnccc1C=O. The third kappa shape index (κ3) is 3.53. The van der Waals surface area contributed by atoms with E-state index in [1.807, 2.05) is 0 Å². The van der Waals surface area contributed by atoms with Crippen molar-refractivity contribution in [2.24, 2.45) is 5.11 Å². The molecular formula is C10H12N4O3. The van der Waals surface area contributed by atoms with Crippen LogP contribution in [0.1, 0.15) is 28.4 Å². The number of hydrogen-bond acceptors (Lipinski definition) is 5. The average Bonchev–Trinajstić information content (AvgIpc) is 2.38. The van der Waals surface area contributed by atoms with Gasteiger partial charge in [0.25, 0.3) is 0 Å². The Bertz CT molecular complexity index is 431. The lowest BCUT2D eigenvalue weighted by molar-refractivity contribution is 0.0145. The fourth-order valence-corrected chi connectivity index (χ4v) is 1.37. The lowest BCUT2D eigenvalue weighted by Crippen LogP contribution is -2.20. The van der Waals surface area contributed by atoms with Crippen LogP contribution in [0.15, 0.2) is 23.6 Å². The van der Waals surface area contributed by atoms with Gasteiger partial charge in [0.05, 0.1) is 6.10 Å². The average molecular weight is 236 g/mol. The van der Waals surface area contributed by atoms with Crippen molar-refractivity contribution in [3.8, 4) is 0 Å². The maximum Gasteiger partial charge on any atom is 0.150 e. The maximum absolute atomic E-state index is 10.7. The number of aliphatic hydroxyl groups excluding tert-OH is 2. The molecule has 1 heterocycles. The van der Waals surface area contributed by atoms with Crippen LogP contribution in [0.2, 0.25) is 0 Å². The predicted octanol–water partition coefficient (Wildman–Crippen LogP) is 0.989. The van der Waals surface area contributed by atoms with Gasteiger partial charge in [0.1, 0.15) is 6.10 Å². The van der Waals surface area contributed by atoms with Gasteiger partial charge in [-0.2, -0.15) is 0 Å². The Morgan fingerprint density at radius 2 is 2.35 bits per heavy atom. The van der Waals surface area contributed by atoms with Crippen molar-refractivity contribution in [2.75, 3.05) is 6.54 Å². The third-order valence-corrected chi connectivity index (χ3v) is 2.29. The topological polar surface area (TPSA) is 119 Å². The lowest BCUT2D eigenvalue weighted by Gasteiger charge is -2.18. The minimum Gasteiger partial charge on any atom is -0.390 e. The number of azide groups is 1. The Morgan fingerprint density at radius 1 is 1.59 bits per heavy atom. The number of hydrogen-bond donors (Lipinski definition) is 2. The second-order valence-corrected chi connectivity index (χ2v) is 3.38. The largest absolute Gasteiger partial charge is 0.390 e. The zero-order chi connectivity index (χ0) is 12.7. The van der Waals surface area contributed by atoms with E-state index < -0.39 is 12.2 Å². The van der Waals surface area contributed by atoms with Crippen molar-refractivity contribution in [3.63, 3.8) is 0 Å². The Hall–Kier alpha value is -1.95. The molecule has 0 aliphatic carbocycles. The van der Waals surface area contributed by atoms with Gasteiger partial charge >= 0.3 is 0 Å². The Labute approximate surface area is 97.4 Å². The van der Waals surface area contributed by atoms with Gasteiger partial charge in [-0.15, -0.1) is 0 Å². The molecule has 2 atom stereocenters. The maximum atomic E-state index is 10.7. The van der Waals surface area contributed by atoms with Gasteiger partial charge in [0, 0.05) is 35.0 Å². The lowest BCUT2D eigenvalue weighted by atomic mass is 10.00. The molecule has 1 aromatic rings. The molecule has 2 N–H and O–H groups in total. The summed E-state index contributed by atoms with van der Waals surface area (Å²) < 4.78 is 0. The molecule has 0 amide bonds. The van der Waals surface area contributed by atoms with Crippen molar-refractivity contribution < 1.29 is 15.0 Å². The zero-order valence-electron chi connectivity index (χ0n) is 8.97. The van der Waals surface area contributed by atoms with E-state index >= 15 is 0 Å².